The monoisotopic (exact) mass is 396 g/mol. The minimum Gasteiger partial charge on any atom is -0.376 e. The average molecular weight is 397 g/mol. The number of aryl methyl sites for hydroxylation is 2. The second-order valence-corrected chi connectivity index (χ2v) is 6.27. The smallest absolute Gasteiger partial charge is 0.376 e. The third-order valence-corrected chi connectivity index (χ3v) is 4.15. The molecule has 4 nitrogen and oxygen atoms in total. The first kappa shape index (κ1) is 20.2. The fourth-order valence-electron chi connectivity index (χ4n) is 2.37. The first-order valence-electron chi connectivity index (χ1n) is 7.36. The normalized spacial score (nSPS) is 12.5. The van der Waals surface area contributed by atoms with Crippen molar-refractivity contribution < 1.29 is 22.0 Å². The molecule has 2 aromatic carbocycles. The molecule has 0 aromatic heterocycles. The van der Waals surface area contributed by atoms with Gasteiger partial charge >= 0.3 is 12.1 Å². The molecule has 0 atom stereocenters. The van der Waals surface area contributed by atoms with Crippen molar-refractivity contribution in [2.45, 2.75) is 32.5 Å². The van der Waals surface area contributed by atoms with Crippen molar-refractivity contribution in [1.82, 2.24) is 0 Å². The molecule has 0 amide bonds. The molecule has 0 bridgehead atoms. The summed E-state index contributed by atoms with van der Waals surface area (Å²) >= 11 is 6.10. The number of hydrogen-bond acceptors (Lipinski definition) is 4. The van der Waals surface area contributed by atoms with Crippen LogP contribution >= 0.6 is 11.6 Å². The predicted octanol–water partition coefficient (Wildman–Crippen LogP) is 3.77. The van der Waals surface area contributed by atoms with Gasteiger partial charge in [0.15, 0.2) is 0 Å². The average Bonchev–Trinajstić information content (AvgIpc) is 2.50. The highest BCUT2D eigenvalue weighted by molar-refractivity contribution is 6.31. The Morgan fingerprint density at radius 3 is 2.00 bits per heavy atom. The molecule has 0 aliphatic rings. The maximum Gasteiger partial charge on any atom is 0.455 e. The lowest BCUT2D eigenvalue weighted by atomic mass is 10.0. The molecule has 0 radical (unpaired) electrons. The van der Waals surface area contributed by atoms with Crippen LogP contribution in [0.25, 0.3) is 0 Å². The number of alkyl halides is 5. The summed E-state index contributed by atoms with van der Waals surface area (Å²) in [6, 6.07) is 3.50. The Labute approximate surface area is 149 Å². The molecule has 0 aliphatic heterocycles. The van der Waals surface area contributed by atoms with Crippen molar-refractivity contribution >= 4 is 23.0 Å². The van der Waals surface area contributed by atoms with Gasteiger partial charge in [-0.1, -0.05) is 17.7 Å². The van der Waals surface area contributed by atoms with E-state index in [1.54, 1.807) is 18.3 Å². The van der Waals surface area contributed by atoms with Crippen LogP contribution in [0.1, 0.15) is 16.7 Å². The van der Waals surface area contributed by atoms with Gasteiger partial charge in [0.25, 0.3) is 10.9 Å². The summed E-state index contributed by atoms with van der Waals surface area (Å²) in [7, 11) is 0. The zero-order chi connectivity index (χ0) is 19.9. The number of halogens is 6. The van der Waals surface area contributed by atoms with Gasteiger partial charge in [0.2, 0.25) is 0 Å². The molecule has 0 saturated carbocycles. The summed E-state index contributed by atoms with van der Waals surface area (Å²) < 4.78 is 62.4. The summed E-state index contributed by atoms with van der Waals surface area (Å²) in [5.41, 5.74) is -0.789. The highest BCUT2D eigenvalue weighted by Gasteiger charge is 2.57. The third-order valence-electron chi connectivity index (χ3n) is 3.82. The van der Waals surface area contributed by atoms with E-state index in [1.807, 2.05) is 13.0 Å². The maximum absolute atomic E-state index is 13.0. The fourth-order valence-corrected chi connectivity index (χ4v) is 2.76. The fraction of sp³-hybridized carbons (Fsp3) is 0.375. The Bertz CT molecular complexity index is 878. The Morgan fingerprint density at radius 1 is 0.962 bits per heavy atom. The van der Waals surface area contributed by atoms with E-state index in [9.17, 15) is 31.5 Å². The van der Waals surface area contributed by atoms with Crippen molar-refractivity contribution in [2.24, 2.45) is 0 Å². The largest absolute Gasteiger partial charge is 0.455 e. The number of hydrogen-bond donors (Lipinski definition) is 2. The highest BCUT2D eigenvalue weighted by Crippen LogP contribution is 2.35. The zero-order valence-corrected chi connectivity index (χ0v) is 14.4. The van der Waals surface area contributed by atoms with E-state index >= 15 is 0 Å². The van der Waals surface area contributed by atoms with E-state index in [4.69, 9.17) is 11.6 Å². The number of benzene rings is 1. The standard InChI is InChI=1S/C16H14ClF5N2O2/c1-7-3-8(2)9(10(17)4-7)5-23-11-12(14(26)13(11)25)24-6-15(18,19)16(20,21)22/h3-4,23-24H,5-6H2,1-2H3. The van der Waals surface area contributed by atoms with Gasteiger partial charge in [-0.25, -0.2) is 0 Å². The molecule has 0 unspecified atom stereocenters. The van der Waals surface area contributed by atoms with Crippen molar-refractivity contribution in [3.63, 3.8) is 0 Å². The second kappa shape index (κ2) is 6.86. The Morgan fingerprint density at radius 2 is 1.50 bits per heavy atom. The van der Waals surface area contributed by atoms with E-state index in [1.165, 1.54) is 0 Å². The van der Waals surface area contributed by atoms with Crippen LogP contribution in [0, 0.1) is 13.8 Å². The molecule has 0 aliphatic carbocycles. The lowest BCUT2D eigenvalue weighted by molar-refractivity contribution is -0.275. The molecule has 142 valence electrons. The third kappa shape index (κ3) is 3.82. The Kier molecular flexibility index (Phi) is 5.32. The van der Waals surface area contributed by atoms with Crippen LogP contribution in [0.2, 0.25) is 5.02 Å². The molecule has 0 heterocycles. The van der Waals surface area contributed by atoms with Crippen LogP contribution in [0.4, 0.5) is 33.3 Å². The van der Waals surface area contributed by atoms with Crippen LogP contribution < -0.4 is 21.5 Å². The lowest BCUT2D eigenvalue weighted by Crippen LogP contribution is -2.45. The minimum absolute atomic E-state index is 0.000143. The summed E-state index contributed by atoms with van der Waals surface area (Å²) in [4.78, 5) is 23.1. The molecule has 0 saturated heterocycles. The van der Waals surface area contributed by atoms with Crippen LogP contribution in [0.5, 0.6) is 0 Å². The van der Waals surface area contributed by atoms with E-state index < -0.39 is 35.2 Å². The quantitative estimate of drug-likeness (QED) is 0.576. The summed E-state index contributed by atoms with van der Waals surface area (Å²) in [5, 5.41) is 4.69. The molecule has 2 N–H and O–H groups in total. The van der Waals surface area contributed by atoms with E-state index in [0.717, 1.165) is 11.1 Å². The van der Waals surface area contributed by atoms with Gasteiger partial charge in [0.05, 0.1) is 6.54 Å². The Hall–Kier alpha value is -2.16. The molecule has 0 fully saturated rings. The molecule has 26 heavy (non-hydrogen) atoms. The SMILES string of the molecule is Cc1cc(C)c(CNc2c(NCC(F)(F)C(F)(F)F)c(=O)c2=O)c(Cl)c1. The molecule has 10 heteroatoms. The molecule has 2 rings (SSSR count). The van der Waals surface area contributed by atoms with Crippen LogP contribution in [0.3, 0.4) is 0 Å². The van der Waals surface area contributed by atoms with Gasteiger partial charge in [-0.3, -0.25) is 9.59 Å². The van der Waals surface area contributed by atoms with Crippen LogP contribution in [0.15, 0.2) is 21.7 Å². The number of nitrogens with one attached hydrogen (secondary N) is 2. The summed E-state index contributed by atoms with van der Waals surface area (Å²) in [6.45, 7) is 1.75. The first-order chi connectivity index (χ1) is 11.8. The van der Waals surface area contributed by atoms with Crippen molar-refractivity contribution in [3.05, 3.63) is 54.3 Å². The van der Waals surface area contributed by atoms with Gasteiger partial charge in [-0.2, -0.15) is 22.0 Å². The van der Waals surface area contributed by atoms with Gasteiger partial charge in [0, 0.05) is 11.6 Å². The highest BCUT2D eigenvalue weighted by atomic mass is 35.5. The van der Waals surface area contributed by atoms with Gasteiger partial charge in [-0.05, 0) is 36.6 Å². The topological polar surface area (TPSA) is 58.2 Å². The predicted molar refractivity (Wildman–Crippen MR) is 89.1 cm³/mol. The molecular formula is C16H14ClF5N2O2. The maximum atomic E-state index is 13.0. The molecule has 0 spiro atoms. The van der Waals surface area contributed by atoms with Crippen LogP contribution in [-0.4, -0.2) is 18.6 Å². The van der Waals surface area contributed by atoms with Crippen molar-refractivity contribution in [3.8, 4) is 0 Å². The molecule has 2 aromatic rings. The van der Waals surface area contributed by atoms with E-state index in [2.05, 4.69) is 5.32 Å². The zero-order valence-electron chi connectivity index (χ0n) is 13.7. The van der Waals surface area contributed by atoms with Gasteiger partial charge < -0.3 is 10.6 Å². The van der Waals surface area contributed by atoms with Gasteiger partial charge in [-0.15, -0.1) is 0 Å². The van der Waals surface area contributed by atoms with Crippen molar-refractivity contribution in [2.75, 3.05) is 17.2 Å². The lowest BCUT2D eigenvalue weighted by Gasteiger charge is -2.22. The van der Waals surface area contributed by atoms with Gasteiger partial charge in [0.1, 0.15) is 11.4 Å². The first-order valence-corrected chi connectivity index (χ1v) is 7.74. The number of rotatable bonds is 6. The van der Waals surface area contributed by atoms with Crippen LogP contribution in [-0.2, 0) is 6.54 Å². The van der Waals surface area contributed by atoms with E-state index in [0.29, 0.717) is 10.6 Å². The van der Waals surface area contributed by atoms with Crippen molar-refractivity contribution in [1.29, 1.82) is 0 Å². The second-order valence-electron chi connectivity index (χ2n) is 5.86. The number of anilines is 2. The summed E-state index contributed by atoms with van der Waals surface area (Å²) in [6.07, 6.45) is -5.77. The minimum atomic E-state index is -5.77. The Balaban J connectivity index is 2.15. The summed E-state index contributed by atoms with van der Waals surface area (Å²) in [5.74, 6) is -5.04. The van der Waals surface area contributed by atoms with E-state index in [-0.39, 0.29) is 12.2 Å². The molecular weight excluding hydrogens is 383 g/mol.